The van der Waals surface area contributed by atoms with Crippen molar-refractivity contribution in [3.63, 3.8) is 0 Å². The topological polar surface area (TPSA) is 47.3 Å². The lowest BCUT2D eigenvalue weighted by molar-refractivity contribution is 0.00270. The first-order chi connectivity index (χ1) is 8.49. The van der Waals surface area contributed by atoms with Crippen molar-refractivity contribution in [1.82, 2.24) is 5.43 Å². The standard InChI is InChI=1S/C14H23FN2O/c1-5-18-14(9(2)3)13(17-16)11-6-10(4)7-12(15)8-11/h6-9,13-14,17H,5,16H2,1-4H3. The van der Waals surface area contributed by atoms with Gasteiger partial charge in [-0.15, -0.1) is 0 Å². The molecule has 0 aliphatic heterocycles. The van der Waals surface area contributed by atoms with Crippen LogP contribution in [0, 0.1) is 18.7 Å². The normalized spacial score (nSPS) is 14.8. The van der Waals surface area contributed by atoms with Gasteiger partial charge in [-0.3, -0.25) is 11.3 Å². The Morgan fingerprint density at radius 1 is 1.33 bits per heavy atom. The number of nitrogens with one attached hydrogen (secondary N) is 1. The number of hydrogen-bond donors (Lipinski definition) is 2. The van der Waals surface area contributed by atoms with Crippen molar-refractivity contribution in [1.29, 1.82) is 0 Å². The molecule has 4 heteroatoms. The Labute approximate surface area is 108 Å². The number of nitrogens with two attached hydrogens (primary N) is 1. The molecule has 0 aromatic heterocycles. The van der Waals surface area contributed by atoms with E-state index in [-0.39, 0.29) is 23.9 Å². The van der Waals surface area contributed by atoms with Crippen molar-refractivity contribution in [2.45, 2.75) is 39.8 Å². The molecule has 1 aromatic carbocycles. The second kappa shape index (κ2) is 6.83. The highest BCUT2D eigenvalue weighted by atomic mass is 19.1. The zero-order valence-corrected chi connectivity index (χ0v) is 11.5. The second-order valence-corrected chi connectivity index (χ2v) is 4.87. The van der Waals surface area contributed by atoms with Crippen LogP contribution in [0.4, 0.5) is 4.39 Å². The minimum atomic E-state index is -0.246. The molecule has 0 aliphatic carbocycles. The maximum Gasteiger partial charge on any atom is 0.123 e. The summed E-state index contributed by atoms with van der Waals surface area (Å²) in [6.07, 6.45) is -0.0822. The van der Waals surface area contributed by atoms with Gasteiger partial charge in [0.15, 0.2) is 0 Å². The summed E-state index contributed by atoms with van der Waals surface area (Å²) >= 11 is 0. The molecule has 0 radical (unpaired) electrons. The van der Waals surface area contributed by atoms with Crippen LogP contribution < -0.4 is 11.3 Å². The van der Waals surface area contributed by atoms with Crippen LogP contribution in [-0.4, -0.2) is 12.7 Å². The second-order valence-electron chi connectivity index (χ2n) is 4.87. The molecule has 1 aromatic rings. The molecule has 0 heterocycles. The van der Waals surface area contributed by atoms with E-state index in [4.69, 9.17) is 10.6 Å². The molecule has 3 nitrogen and oxygen atoms in total. The molecule has 0 saturated heterocycles. The number of ether oxygens (including phenoxy) is 1. The van der Waals surface area contributed by atoms with E-state index in [0.29, 0.717) is 6.61 Å². The van der Waals surface area contributed by atoms with Gasteiger partial charge in [0, 0.05) is 6.61 Å². The van der Waals surface area contributed by atoms with Crippen molar-refractivity contribution in [2.24, 2.45) is 11.8 Å². The molecule has 2 unspecified atom stereocenters. The number of hydrazine groups is 1. The summed E-state index contributed by atoms with van der Waals surface area (Å²) in [5.41, 5.74) is 4.45. The number of hydrogen-bond acceptors (Lipinski definition) is 3. The molecule has 0 saturated carbocycles. The SMILES string of the molecule is CCOC(C(C)C)C(NN)c1cc(C)cc(F)c1. The third-order valence-electron chi connectivity index (χ3n) is 2.95. The van der Waals surface area contributed by atoms with Gasteiger partial charge < -0.3 is 4.74 Å². The fourth-order valence-electron chi connectivity index (χ4n) is 2.19. The number of aryl methyl sites for hydroxylation is 1. The van der Waals surface area contributed by atoms with E-state index in [1.165, 1.54) is 12.1 Å². The summed E-state index contributed by atoms with van der Waals surface area (Å²) in [5.74, 6) is 5.66. The molecule has 0 fully saturated rings. The van der Waals surface area contributed by atoms with Gasteiger partial charge in [0.05, 0.1) is 12.1 Å². The van der Waals surface area contributed by atoms with E-state index in [9.17, 15) is 4.39 Å². The highest BCUT2D eigenvalue weighted by Crippen LogP contribution is 2.25. The molecule has 1 rings (SSSR count). The van der Waals surface area contributed by atoms with Crippen molar-refractivity contribution in [2.75, 3.05) is 6.61 Å². The zero-order chi connectivity index (χ0) is 13.7. The minimum absolute atomic E-state index is 0.0822. The third-order valence-corrected chi connectivity index (χ3v) is 2.95. The Balaban J connectivity index is 3.06. The summed E-state index contributed by atoms with van der Waals surface area (Å²) in [4.78, 5) is 0. The van der Waals surface area contributed by atoms with Crippen molar-refractivity contribution >= 4 is 0 Å². The van der Waals surface area contributed by atoms with Gasteiger partial charge in [0.1, 0.15) is 5.82 Å². The van der Waals surface area contributed by atoms with Gasteiger partial charge in [-0.05, 0) is 43.0 Å². The first kappa shape index (κ1) is 15.1. The number of halogens is 1. The summed E-state index contributed by atoms with van der Waals surface area (Å²) in [5, 5.41) is 0. The van der Waals surface area contributed by atoms with Crippen molar-refractivity contribution in [3.8, 4) is 0 Å². The molecular formula is C14H23FN2O. The predicted octanol–water partition coefficient (Wildman–Crippen LogP) is 2.70. The quantitative estimate of drug-likeness (QED) is 0.606. The Hall–Kier alpha value is -0.970. The molecule has 102 valence electrons. The molecule has 0 bridgehead atoms. The smallest absolute Gasteiger partial charge is 0.123 e. The van der Waals surface area contributed by atoms with E-state index in [0.717, 1.165) is 11.1 Å². The molecule has 3 N–H and O–H groups in total. The highest BCUT2D eigenvalue weighted by Gasteiger charge is 2.26. The fraction of sp³-hybridized carbons (Fsp3) is 0.571. The molecule has 0 spiro atoms. The van der Waals surface area contributed by atoms with Gasteiger partial charge >= 0.3 is 0 Å². The first-order valence-corrected chi connectivity index (χ1v) is 6.34. The van der Waals surface area contributed by atoms with Crippen LogP contribution in [0.2, 0.25) is 0 Å². The summed E-state index contributed by atoms with van der Waals surface area (Å²) in [6, 6.07) is 4.73. The van der Waals surface area contributed by atoms with Gasteiger partial charge in [0.2, 0.25) is 0 Å². The van der Waals surface area contributed by atoms with E-state index < -0.39 is 0 Å². The fourth-order valence-corrected chi connectivity index (χ4v) is 2.19. The van der Waals surface area contributed by atoms with Gasteiger partial charge in [-0.1, -0.05) is 19.9 Å². The minimum Gasteiger partial charge on any atom is -0.376 e. The van der Waals surface area contributed by atoms with Crippen LogP contribution in [0.3, 0.4) is 0 Å². The molecular weight excluding hydrogens is 231 g/mol. The van der Waals surface area contributed by atoms with Crippen LogP contribution in [-0.2, 0) is 4.74 Å². The molecule has 18 heavy (non-hydrogen) atoms. The maximum atomic E-state index is 13.5. The average Bonchev–Trinajstić information content (AvgIpc) is 2.27. The lowest BCUT2D eigenvalue weighted by Gasteiger charge is -2.30. The number of rotatable bonds is 6. The molecule has 0 aliphatic rings. The summed E-state index contributed by atoms with van der Waals surface area (Å²) < 4.78 is 19.2. The van der Waals surface area contributed by atoms with Crippen molar-refractivity contribution in [3.05, 3.63) is 35.1 Å². The van der Waals surface area contributed by atoms with Gasteiger partial charge in [-0.25, -0.2) is 4.39 Å². The number of benzene rings is 1. The molecule has 0 amide bonds. The lowest BCUT2D eigenvalue weighted by Crippen LogP contribution is -2.40. The van der Waals surface area contributed by atoms with E-state index in [2.05, 4.69) is 19.3 Å². The summed E-state index contributed by atoms with van der Waals surface area (Å²) in [7, 11) is 0. The van der Waals surface area contributed by atoms with Crippen LogP contribution in [0.25, 0.3) is 0 Å². The average molecular weight is 254 g/mol. The van der Waals surface area contributed by atoms with Crippen LogP contribution in [0.15, 0.2) is 18.2 Å². The maximum absolute atomic E-state index is 13.5. The van der Waals surface area contributed by atoms with E-state index >= 15 is 0 Å². The van der Waals surface area contributed by atoms with Crippen LogP contribution in [0.1, 0.15) is 37.9 Å². The van der Waals surface area contributed by atoms with Gasteiger partial charge in [-0.2, -0.15) is 0 Å². The van der Waals surface area contributed by atoms with Crippen molar-refractivity contribution < 1.29 is 9.13 Å². The van der Waals surface area contributed by atoms with Crippen LogP contribution >= 0.6 is 0 Å². The van der Waals surface area contributed by atoms with E-state index in [1.807, 2.05) is 19.9 Å². The Morgan fingerprint density at radius 3 is 2.44 bits per heavy atom. The largest absolute Gasteiger partial charge is 0.376 e. The predicted molar refractivity (Wildman–Crippen MR) is 71.5 cm³/mol. The Bertz CT molecular complexity index is 362. The molecule has 2 atom stereocenters. The third kappa shape index (κ3) is 3.77. The van der Waals surface area contributed by atoms with Crippen LogP contribution in [0.5, 0.6) is 0 Å². The zero-order valence-electron chi connectivity index (χ0n) is 11.5. The first-order valence-electron chi connectivity index (χ1n) is 6.34. The summed E-state index contributed by atoms with van der Waals surface area (Å²) in [6.45, 7) is 8.55. The van der Waals surface area contributed by atoms with Gasteiger partial charge in [0.25, 0.3) is 0 Å². The van der Waals surface area contributed by atoms with E-state index in [1.54, 1.807) is 0 Å². The monoisotopic (exact) mass is 254 g/mol. The Kier molecular flexibility index (Phi) is 5.72. The highest BCUT2D eigenvalue weighted by molar-refractivity contribution is 5.27. The lowest BCUT2D eigenvalue weighted by atomic mass is 9.93. The Morgan fingerprint density at radius 2 is 2.00 bits per heavy atom.